The Morgan fingerprint density at radius 2 is 1.57 bits per heavy atom. The van der Waals surface area contributed by atoms with Crippen molar-refractivity contribution >= 4 is 29.3 Å². The van der Waals surface area contributed by atoms with E-state index in [4.69, 9.17) is 4.74 Å². The number of hydrogen-bond donors (Lipinski definition) is 2. The van der Waals surface area contributed by atoms with Gasteiger partial charge in [0.25, 0.3) is 17.7 Å². The summed E-state index contributed by atoms with van der Waals surface area (Å²) in [6, 6.07) is 18.8. The van der Waals surface area contributed by atoms with Crippen molar-refractivity contribution in [1.82, 2.24) is 10.2 Å². The first kappa shape index (κ1) is 25.6. The molecule has 1 aliphatic rings. The fourth-order valence-corrected chi connectivity index (χ4v) is 4.16. The highest BCUT2D eigenvalue weighted by molar-refractivity contribution is 6.21. The van der Waals surface area contributed by atoms with Gasteiger partial charge in [-0.25, -0.2) is 0 Å². The molecule has 37 heavy (non-hydrogen) atoms. The number of imide groups is 1. The van der Waals surface area contributed by atoms with E-state index in [0.29, 0.717) is 46.7 Å². The van der Waals surface area contributed by atoms with Gasteiger partial charge in [-0.15, -0.1) is 0 Å². The minimum absolute atomic E-state index is 0.0412. The van der Waals surface area contributed by atoms with Gasteiger partial charge in [0.2, 0.25) is 5.91 Å². The largest absolute Gasteiger partial charge is 0.493 e. The predicted octanol–water partition coefficient (Wildman–Crippen LogP) is 4.72. The number of carbonyl (C=O) groups is 4. The van der Waals surface area contributed by atoms with E-state index in [1.165, 1.54) is 4.90 Å². The van der Waals surface area contributed by atoms with Crippen LogP contribution in [0.15, 0.2) is 66.7 Å². The summed E-state index contributed by atoms with van der Waals surface area (Å²) < 4.78 is 5.68. The second-order valence-corrected chi connectivity index (χ2v) is 8.72. The van der Waals surface area contributed by atoms with Crippen LogP contribution in [0, 0.1) is 0 Å². The number of carbonyl (C=O) groups excluding carboxylic acids is 4. The van der Waals surface area contributed by atoms with Crippen LogP contribution in [0.5, 0.6) is 5.75 Å². The van der Waals surface area contributed by atoms with Crippen LogP contribution in [0.4, 0.5) is 5.69 Å². The van der Waals surface area contributed by atoms with Gasteiger partial charge in [-0.2, -0.15) is 0 Å². The Morgan fingerprint density at radius 3 is 2.16 bits per heavy atom. The maximum Gasteiger partial charge on any atom is 0.261 e. The molecule has 0 aromatic heterocycles. The van der Waals surface area contributed by atoms with E-state index in [0.717, 1.165) is 5.56 Å². The fraction of sp³-hybridized carbons (Fsp3) is 0.241. The molecule has 0 spiro atoms. The van der Waals surface area contributed by atoms with Crippen molar-refractivity contribution in [2.24, 2.45) is 0 Å². The average Bonchev–Trinajstić information content (AvgIpc) is 3.14. The maximum absolute atomic E-state index is 13.3. The Balaban J connectivity index is 1.51. The van der Waals surface area contributed by atoms with Gasteiger partial charge in [0.05, 0.1) is 35.9 Å². The van der Waals surface area contributed by atoms with Gasteiger partial charge in [-0.1, -0.05) is 37.3 Å². The Labute approximate surface area is 215 Å². The Kier molecular flexibility index (Phi) is 7.67. The molecule has 1 heterocycles. The second kappa shape index (κ2) is 11.1. The SMILES string of the molecule is CCOc1ccc(CN2C(=O)c3ccccc3C2=O)cc1C(=O)NC(C)c1ccc(NC(=O)CC)cc1. The Hall–Kier alpha value is -4.46. The summed E-state index contributed by atoms with van der Waals surface area (Å²) in [5, 5.41) is 5.78. The molecule has 1 atom stereocenters. The molecule has 0 radical (unpaired) electrons. The molecule has 3 aromatic carbocycles. The number of nitrogens with one attached hydrogen (secondary N) is 2. The van der Waals surface area contributed by atoms with Crippen molar-refractivity contribution in [3.05, 3.63) is 94.5 Å². The summed E-state index contributed by atoms with van der Waals surface area (Å²) in [7, 11) is 0. The summed E-state index contributed by atoms with van der Waals surface area (Å²) in [5.41, 5.74) is 3.26. The highest BCUT2D eigenvalue weighted by atomic mass is 16.5. The van der Waals surface area contributed by atoms with Gasteiger partial charge in [0.15, 0.2) is 0 Å². The molecule has 4 amide bonds. The van der Waals surface area contributed by atoms with Crippen molar-refractivity contribution in [3.8, 4) is 5.75 Å². The molecule has 8 nitrogen and oxygen atoms in total. The van der Waals surface area contributed by atoms with E-state index >= 15 is 0 Å². The molecule has 0 saturated carbocycles. The zero-order valence-electron chi connectivity index (χ0n) is 21.0. The number of ether oxygens (including phenoxy) is 1. The lowest BCUT2D eigenvalue weighted by atomic mass is 10.1. The molecular weight excluding hydrogens is 470 g/mol. The van der Waals surface area contributed by atoms with Crippen LogP contribution in [0.25, 0.3) is 0 Å². The number of nitrogens with zero attached hydrogens (tertiary/aromatic N) is 1. The smallest absolute Gasteiger partial charge is 0.261 e. The molecule has 4 rings (SSSR count). The van der Waals surface area contributed by atoms with E-state index in [2.05, 4.69) is 10.6 Å². The molecule has 0 aliphatic carbocycles. The van der Waals surface area contributed by atoms with Crippen LogP contribution in [0.3, 0.4) is 0 Å². The summed E-state index contributed by atoms with van der Waals surface area (Å²) in [6.45, 7) is 5.89. The second-order valence-electron chi connectivity index (χ2n) is 8.72. The van der Waals surface area contributed by atoms with Crippen LogP contribution in [-0.4, -0.2) is 35.1 Å². The molecule has 1 aliphatic heterocycles. The quantitative estimate of drug-likeness (QED) is 0.415. The van der Waals surface area contributed by atoms with Gasteiger partial charge < -0.3 is 15.4 Å². The van der Waals surface area contributed by atoms with E-state index in [-0.39, 0.29) is 36.2 Å². The monoisotopic (exact) mass is 499 g/mol. The maximum atomic E-state index is 13.3. The first-order chi connectivity index (χ1) is 17.8. The summed E-state index contributed by atoms with van der Waals surface area (Å²) in [4.78, 5) is 51.6. The van der Waals surface area contributed by atoms with E-state index in [1.807, 2.05) is 26.0 Å². The van der Waals surface area contributed by atoms with E-state index in [9.17, 15) is 19.2 Å². The number of anilines is 1. The fourth-order valence-electron chi connectivity index (χ4n) is 4.16. The minimum Gasteiger partial charge on any atom is -0.493 e. The lowest BCUT2D eigenvalue weighted by Gasteiger charge is -2.19. The van der Waals surface area contributed by atoms with Crippen molar-refractivity contribution < 1.29 is 23.9 Å². The Morgan fingerprint density at radius 1 is 0.919 bits per heavy atom. The molecule has 3 aromatic rings. The van der Waals surface area contributed by atoms with Gasteiger partial charge in [0, 0.05) is 12.1 Å². The third kappa shape index (κ3) is 5.53. The number of amides is 4. The lowest BCUT2D eigenvalue weighted by Crippen LogP contribution is -2.30. The predicted molar refractivity (Wildman–Crippen MR) is 140 cm³/mol. The van der Waals surface area contributed by atoms with Crippen LogP contribution in [0.2, 0.25) is 0 Å². The normalized spacial score (nSPS) is 13.2. The summed E-state index contributed by atoms with van der Waals surface area (Å²) in [6.07, 6.45) is 0.391. The highest BCUT2D eigenvalue weighted by Crippen LogP contribution is 2.27. The minimum atomic E-state index is -0.354. The topological polar surface area (TPSA) is 105 Å². The van der Waals surface area contributed by atoms with Crippen LogP contribution >= 0.6 is 0 Å². The molecular formula is C29H29N3O5. The third-order valence-corrected chi connectivity index (χ3v) is 6.17. The zero-order chi connectivity index (χ0) is 26.5. The number of rotatable bonds is 9. The van der Waals surface area contributed by atoms with E-state index < -0.39 is 0 Å². The first-order valence-electron chi connectivity index (χ1n) is 12.2. The van der Waals surface area contributed by atoms with Crippen molar-refractivity contribution in [3.63, 3.8) is 0 Å². The van der Waals surface area contributed by atoms with Crippen molar-refractivity contribution in [2.45, 2.75) is 39.8 Å². The molecule has 2 N–H and O–H groups in total. The van der Waals surface area contributed by atoms with Crippen LogP contribution < -0.4 is 15.4 Å². The Bertz CT molecular complexity index is 1310. The number of hydrogen-bond acceptors (Lipinski definition) is 5. The standard InChI is InChI=1S/C29H29N3O5/c1-4-26(33)31-21-13-11-20(12-14-21)18(3)30-27(34)24-16-19(10-15-25(24)37-5-2)17-32-28(35)22-8-6-7-9-23(22)29(32)36/h6-16,18H,4-5,17H2,1-3H3,(H,30,34)(H,31,33). The third-order valence-electron chi connectivity index (χ3n) is 6.17. The first-order valence-corrected chi connectivity index (χ1v) is 12.2. The highest BCUT2D eigenvalue weighted by Gasteiger charge is 2.35. The number of benzene rings is 3. The zero-order valence-corrected chi connectivity index (χ0v) is 21.0. The van der Waals surface area contributed by atoms with Crippen LogP contribution in [0.1, 0.15) is 75.4 Å². The summed E-state index contributed by atoms with van der Waals surface area (Å²) >= 11 is 0. The van der Waals surface area contributed by atoms with Gasteiger partial charge in [-0.3, -0.25) is 24.1 Å². The van der Waals surface area contributed by atoms with Crippen molar-refractivity contribution in [1.29, 1.82) is 0 Å². The molecule has 190 valence electrons. The lowest BCUT2D eigenvalue weighted by molar-refractivity contribution is -0.115. The van der Waals surface area contributed by atoms with Gasteiger partial charge in [-0.05, 0) is 61.4 Å². The van der Waals surface area contributed by atoms with E-state index in [1.54, 1.807) is 61.5 Å². The molecule has 0 bridgehead atoms. The van der Waals surface area contributed by atoms with Gasteiger partial charge >= 0.3 is 0 Å². The van der Waals surface area contributed by atoms with Gasteiger partial charge in [0.1, 0.15) is 5.75 Å². The van der Waals surface area contributed by atoms with Crippen LogP contribution in [-0.2, 0) is 11.3 Å². The summed E-state index contributed by atoms with van der Waals surface area (Å²) in [5.74, 6) is -0.710. The molecule has 0 fully saturated rings. The number of fused-ring (bicyclic) bond motifs is 1. The van der Waals surface area contributed by atoms with Crippen molar-refractivity contribution in [2.75, 3.05) is 11.9 Å². The molecule has 8 heteroatoms. The molecule has 1 unspecified atom stereocenters. The molecule has 0 saturated heterocycles. The average molecular weight is 500 g/mol.